The molecule has 1 saturated carbocycles. The number of carboxylic acid groups (broad SMARTS) is 1. The first kappa shape index (κ1) is 17.1. The third-order valence-corrected chi connectivity index (χ3v) is 5.15. The lowest BCUT2D eigenvalue weighted by atomic mass is 9.42. The molecule has 1 spiro atoms. The first-order valence-corrected chi connectivity index (χ1v) is 7.94. The van der Waals surface area contributed by atoms with Crippen molar-refractivity contribution in [3.8, 4) is 0 Å². The van der Waals surface area contributed by atoms with Crippen LogP contribution in [0.15, 0.2) is 0 Å². The first-order valence-electron chi connectivity index (χ1n) is 7.94. The van der Waals surface area contributed by atoms with Gasteiger partial charge in [0.15, 0.2) is 0 Å². The van der Waals surface area contributed by atoms with Crippen LogP contribution in [0.2, 0.25) is 0 Å². The third-order valence-electron chi connectivity index (χ3n) is 5.15. The van der Waals surface area contributed by atoms with Gasteiger partial charge in [-0.25, -0.2) is 4.79 Å². The molecule has 0 aromatic carbocycles. The summed E-state index contributed by atoms with van der Waals surface area (Å²) in [7, 11) is 0. The van der Waals surface area contributed by atoms with Gasteiger partial charge in [0.05, 0.1) is 13.0 Å². The second kappa shape index (κ2) is 5.41. The zero-order valence-corrected chi connectivity index (χ0v) is 14.0. The predicted molar refractivity (Wildman–Crippen MR) is 82.4 cm³/mol. The van der Waals surface area contributed by atoms with Crippen LogP contribution in [0.3, 0.4) is 0 Å². The molecule has 0 aromatic rings. The van der Waals surface area contributed by atoms with Gasteiger partial charge in [-0.15, -0.1) is 0 Å². The standard InChI is InChI=1S/C16H28N2O4/c1-5-22-11(19)6-15(9-17)7-16(8-15)10-18(13(20)21)12(16)14(2,3)4/h12H,5-10,17H2,1-4H3,(H,20,21). The molecule has 1 aliphatic heterocycles. The van der Waals surface area contributed by atoms with Crippen LogP contribution >= 0.6 is 0 Å². The lowest BCUT2D eigenvalue weighted by Gasteiger charge is -2.70. The molecule has 6 nitrogen and oxygen atoms in total. The summed E-state index contributed by atoms with van der Waals surface area (Å²) in [6.45, 7) is 9.38. The van der Waals surface area contributed by atoms with Crippen LogP contribution in [0.5, 0.6) is 0 Å². The van der Waals surface area contributed by atoms with E-state index in [1.165, 1.54) is 4.90 Å². The molecule has 6 heteroatoms. The Morgan fingerprint density at radius 3 is 2.36 bits per heavy atom. The fraction of sp³-hybridized carbons (Fsp3) is 0.875. The Labute approximate surface area is 132 Å². The van der Waals surface area contributed by atoms with Crippen LogP contribution in [-0.4, -0.2) is 47.8 Å². The largest absolute Gasteiger partial charge is 0.466 e. The summed E-state index contributed by atoms with van der Waals surface area (Å²) in [6.07, 6.45) is 1.09. The molecule has 1 amide bonds. The minimum Gasteiger partial charge on any atom is -0.466 e. The number of carbonyl (C=O) groups excluding carboxylic acids is 1. The Balaban J connectivity index is 2.09. The van der Waals surface area contributed by atoms with E-state index in [1.54, 1.807) is 6.92 Å². The molecule has 2 rings (SSSR count). The molecule has 22 heavy (non-hydrogen) atoms. The van der Waals surface area contributed by atoms with E-state index in [0.29, 0.717) is 26.1 Å². The SMILES string of the molecule is CCOC(=O)CC1(CN)CC2(CN(C(=O)O)C2C(C)(C)C)C1. The van der Waals surface area contributed by atoms with Gasteiger partial charge in [0.25, 0.3) is 0 Å². The average molecular weight is 312 g/mol. The summed E-state index contributed by atoms with van der Waals surface area (Å²) >= 11 is 0. The van der Waals surface area contributed by atoms with Crippen molar-refractivity contribution in [2.24, 2.45) is 22.0 Å². The number of hydrogen-bond acceptors (Lipinski definition) is 4. The van der Waals surface area contributed by atoms with Gasteiger partial charge in [0.2, 0.25) is 0 Å². The summed E-state index contributed by atoms with van der Waals surface area (Å²) in [5.41, 5.74) is 5.55. The van der Waals surface area contributed by atoms with Crippen molar-refractivity contribution >= 4 is 12.1 Å². The highest BCUT2D eigenvalue weighted by Crippen LogP contribution is 2.66. The van der Waals surface area contributed by atoms with E-state index >= 15 is 0 Å². The molecule has 0 bridgehead atoms. The van der Waals surface area contributed by atoms with Crippen molar-refractivity contribution in [3.05, 3.63) is 0 Å². The van der Waals surface area contributed by atoms with E-state index in [1.807, 2.05) is 0 Å². The highest BCUT2D eigenvalue weighted by atomic mass is 16.5. The molecule has 1 unspecified atom stereocenters. The molecular formula is C16H28N2O4. The van der Waals surface area contributed by atoms with Gasteiger partial charge < -0.3 is 20.5 Å². The lowest BCUT2D eigenvalue weighted by molar-refractivity contribution is -0.208. The predicted octanol–water partition coefficient (Wildman–Crippen LogP) is 2.07. The quantitative estimate of drug-likeness (QED) is 0.775. The molecular weight excluding hydrogens is 284 g/mol. The summed E-state index contributed by atoms with van der Waals surface area (Å²) in [5, 5.41) is 9.35. The number of ether oxygens (including phenoxy) is 1. The first-order chi connectivity index (χ1) is 10.1. The monoisotopic (exact) mass is 312 g/mol. The highest BCUT2D eigenvalue weighted by molar-refractivity contribution is 5.71. The smallest absolute Gasteiger partial charge is 0.407 e. The fourth-order valence-electron chi connectivity index (χ4n) is 4.91. The molecule has 1 atom stereocenters. The number of amides is 1. The number of nitrogens with two attached hydrogens (primary N) is 1. The molecule has 1 aliphatic carbocycles. The van der Waals surface area contributed by atoms with Crippen LogP contribution in [-0.2, 0) is 9.53 Å². The molecule has 1 heterocycles. The van der Waals surface area contributed by atoms with Gasteiger partial charge in [-0.2, -0.15) is 0 Å². The van der Waals surface area contributed by atoms with Crippen LogP contribution in [0.1, 0.15) is 47.0 Å². The topological polar surface area (TPSA) is 92.9 Å². The van der Waals surface area contributed by atoms with E-state index in [2.05, 4.69) is 20.8 Å². The maximum Gasteiger partial charge on any atom is 0.407 e. The summed E-state index contributed by atoms with van der Waals surface area (Å²) < 4.78 is 5.05. The van der Waals surface area contributed by atoms with Crippen molar-refractivity contribution in [2.75, 3.05) is 19.7 Å². The van der Waals surface area contributed by atoms with E-state index in [-0.39, 0.29) is 28.3 Å². The minimum absolute atomic E-state index is 0.0145. The van der Waals surface area contributed by atoms with Crippen molar-refractivity contribution in [1.82, 2.24) is 4.90 Å². The van der Waals surface area contributed by atoms with Crippen LogP contribution in [0.4, 0.5) is 4.79 Å². The second-order valence-electron chi connectivity index (χ2n) is 8.08. The number of carbonyl (C=O) groups is 2. The lowest BCUT2D eigenvalue weighted by Crippen LogP contribution is -2.76. The summed E-state index contributed by atoms with van der Waals surface area (Å²) in [6, 6.07) is -0.0145. The van der Waals surface area contributed by atoms with Gasteiger partial charge in [-0.3, -0.25) is 4.79 Å². The second-order valence-corrected chi connectivity index (χ2v) is 8.08. The Bertz CT molecular complexity index is 463. The minimum atomic E-state index is -0.860. The normalized spacial score (nSPS) is 34.0. The van der Waals surface area contributed by atoms with Gasteiger partial charge in [0.1, 0.15) is 0 Å². The van der Waals surface area contributed by atoms with Crippen molar-refractivity contribution in [3.63, 3.8) is 0 Å². The fourth-order valence-corrected chi connectivity index (χ4v) is 4.91. The summed E-state index contributed by atoms with van der Waals surface area (Å²) in [5.74, 6) is -0.204. The van der Waals surface area contributed by atoms with E-state index in [4.69, 9.17) is 10.5 Å². The number of nitrogens with zero attached hydrogens (tertiary/aromatic N) is 1. The zero-order chi connectivity index (χ0) is 16.8. The molecule has 3 N–H and O–H groups in total. The van der Waals surface area contributed by atoms with E-state index in [0.717, 1.165) is 12.8 Å². The van der Waals surface area contributed by atoms with Crippen LogP contribution in [0, 0.1) is 16.2 Å². The molecule has 0 aromatic heterocycles. The van der Waals surface area contributed by atoms with E-state index < -0.39 is 6.09 Å². The molecule has 2 fully saturated rings. The van der Waals surface area contributed by atoms with Crippen LogP contribution in [0.25, 0.3) is 0 Å². The Hall–Kier alpha value is -1.30. The van der Waals surface area contributed by atoms with Gasteiger partial charge in [-0.05, 0) is 37.1 Å². The molecule has 126 valence electrons. The maximum atomic E-state index is 11.8. The zero-order valence-electron chi connectivity index (χ0n) is 14.0. The molecule has 1 saturated heterocycles. The molecule has 0 radical (unpaired) electrons. The molecule has 2 aliphatic rings. The van der Waals surface area contributed by atoms with Gasteiger partial charge >= 0.3 is 12.1 Å². The van der Waals surface area contributed by atoms with E-state index in [9.17, 15) is 14.7 Å². The Kier molecular flexibility index (Phi) is 4.19. The Morgan fingerprint density at radius 2 is 1.95 bits per heavy atom. The maximum absolute atomic E-state index is 11.8. The van der Waals surface area contributed by atoms with Crippen LogP contribution < -0.4 is 5.73 Å². The van der Waals surface area contributed by atoms with Gasteiger partial charge in [0, 0.05) is 18.0 Å². The van der Waals surface area contributed by atoms with Gasteiger partial charge in [-0.1, -0.05) is 20.8 Å². The summed E-state index contributed by atoms with van der Waals surface area (Å²) in [4.78, 5) is 24.7. The third kappa shape index (κ3) is 2.69. The highest BCUT2D eigenvalue weighted by Gasteiger charge is 2.68. The van der Waals surface area contributed by atoms with Crippen molar-refractivity contribution < 1.29 is 19.4 Å². The Morgan fingerprint density at radius 1 is 1.36 bits per heavy atom. The average Bonchev–Trinajstić information content (AvgIpc) is 2.28. The number of likely N-dealkylation sites (tertiary alicyclic amines) is 1. The number of rotatable bonds is 4. The number of esters is 1. The van der Waals surface area contributed by atoms with Crippen molar-refractivity contribution in [1.29, 1.82) is 0 Å². The van der Waals surface area contributed by atoms with Crippen molar-refractivity contribution in [2.45, 2.75) is 53.0 Å². The number of hydrogen-bond donors (Lipinski definition) is 2.